The van der Waals surface area contributed by atoms with Crippen molar-refractivity contribution in [3.05, 3.63) is 29.8 Å². The summed E-state index contributed by atoms with van der Waals surface area (Å²) in [6, 6.07) is 4.56. The number of carbonyl (C=O) groups is 3. The number of amides is 2. The van der Waals surface area contributed by atoms with Crippen LogP contribution >= 0.6 is 0 Å². The molecule has 19 heavy (non-hydrogen) atoms. The molecule has 1 aromatic rings. The van der Waals surface area contributed by atoms with Gasteiger partial charge < -0.3 is 21.5 Å². The number of hydrogen-bond donors (Lipinski definition) is 3. The summed E-state index contributed by atoms with van der Waals surface area (Å²) in [4.78, 5) is 33.9. The predicted octanol–water partition coefficient (Wildman–Crippen LogP) is -0.386. The Hall–Kier alpha value is -2.41. The van der Waals surface area contributed by atoms with Gasteiger partial charge in [0.15, 0.2) is 6.04 Å². The molecule has 1 aromatic carbocycles. The highest BCUT2D eigenvalue weighted by Gasteiger charge is 2.23. The molecule has 0 saturated heterocycles. The fraction of sp³-hybridized carbons (Fsp3) is 0.250. The minimum absolute atomic E-state index is 0.136. The van der Waals surface area contributed by atoms with Gasteiger partial charge in [-0.1, -0.05) is 6.07 Å². The van der Waals surface area contributed by atoms with Crippen LogP contribution < -0.4 is 16.8 Å². The van der Waals surface area contributed by atoms with E-state index in [1.165, 1.54) is 12.1 Å². The number of esters is 1. The number of hydrogen-bond acceptors (Lipinski definition) is 5. The van der Waals surface area contributed by atoms with Crippen molar-refractivity contribution in [2.24, 2.45) is 11.5 Å². The van der Waals surface area contributed by atoms with Crippen molar-refractivity contribution in [3.8, 4) is 0 Å². The molecule has 0 saturated carbocycles. The molecule has 1 unspecified atom stereocenters. The molecule has 0 aliphatic heterocycles. The lowest BCUT2D eigenvalue weighted by Crippen LogP contribution is -2.43. The molecule has 102 valence electrons. The van der Waals surface area contributed by atoms with E-state index in [1.54, 1.807) is 19.1 Å². The number of nitrogens with two attached hydrogens (primary N) is 2. The average Bonchev–Trinajstić information content (AvgIpc) is 2.38. The Balaban J connectivity index is 2.74. The van der Waals surface area contributed by atoms with Gasteiger partial charge in [-0.2, -0.15) is 0 Å². The summed E-state index contributed by atoms with van der Waals surface area (Å²) in [6.07, 6.45) is 0. The zero-order valence-corrected chi connectivity index (χ0v) is 10.4. The highest BCUT2D eigenvalue weighted by molar-refractivity contribution is 6.08. The van der Waals surface area contributed by atoms with E-state index < -0.39 is 23.8 Å². The number of ether oxygens (including phenoxy) is 1. The van der Waals surface area contributed by atoms with E-state index in [4.69, 9.17) is 11.5 Å². The first-order valence-corrected chi connectivity index (χ1v) is 5.58. The van der Waals surface area contributed by atoms with Gasteiger partial charge in [0.05, 0.1) is 6.61 Å². The monoisotopic (exact) mass is 265 g/mol. The molecule has 0 aliphatic carbocycles. The highest BCUT2D eigenvalue weighted by atomic mass is 16.5. The lowest BCUT2D eigenvalue weighted by molar-refractivity contribution is -0.146. The molecule has 2 amide bonds. The van der Waals surface area contributed by atoms with Crippen LogP contribution in [-0.4, -0.2) is 30.4 Å². The molecule has 5 N–H and O–H groups in total. The van der Waals surface area contributed by atoms with E-state index in [0.717, 1.165) is 0 Å². The van der Waals surface area contributed by atoms with E-state index in [2.05, 4.69) is 10.1 Å². The van der Waals surface area contributed by atoms with Crippen molar-refractivity contribution in [1.29, 1.82) is 0 Å². The summed E-state index contributed by atoms with van der Waals surface area (Å²) in [6.45, 7) is 1.75. The van der Waals surface area contributed by atoms with Crippen molar-refractivity contribution in [1.82, 2.24) is 0 Å². The molecular weight excluding hydrogens is 250 g/mol. The first kappa shape index (κ1) is 14.7. The van der Waals surface area contributed by atoms with Crippen LogP contribution in [0, 0.1) is 0 Å². The van der Waals surface area contributed by atoms with Crippen LogP contribution in [0.3, 0.4) is 0 Å². The minimum Gasteiger partial charge on any atom is -0.464 e. The largest absolute Gasteiger partial charge is 0.464 e. The van der Waals surface area contributed by atoms with Crippen LogP contribution in [0.2, 0.25) is 0 Å². The summed E-state index contributed by atoms with van der Waals surface area (Å²) in [7, 11) is 0. The second-order valence-electron chi connectivity index (χ2n) is 3.66. The maximum absolute atomic E-state index is 11.7. The van der Waals surface area contributed by atoms with Crippen molar-refractivity contribution in [3.63, 3.8) is 0 Å². The van der Waals surface area contributed by atoms with Gasteiger partial charge in [0.2, 0.25) is 5.91 Å². The normalized spacial score (nSPS) is 11.5. The fourth-order valence-corrected chi connectivity index (χ4v) is 1.31. The Morgan fingerprint density at radius 1 is 1.37 bits per heavy atom. The van der Waals surface area contributed by atoms with Crippen molar-refractivity contribution < 1.29 is 19.1 Å². The van der Waals surface area contributed by atoms with Gasteiger partial charge in [0, 0.05) is 11.3 Å². The van der Waals surface area contributed by atoms with Crippen LogP contribution in [0.4, 0.5) is 5.69 Å². The second kappa shape index (κ2) is 6.50. The van der Waals surface area contributed by atoms with Gasteiger partial charge in [-0.3, -0.25) is 9.59 Å². The van der Waals surface area contributed by atoms with Gasteiger partial charge in [0.25, 0.3) is 5.91 Å². The summed E-state index contributed by atoms with van der Waals surface area (Å²) >= 11 is 0. The minimum atomic E-state index is -1.42. The van der Waals surface area contributed by atoms with Crippen molar-refractivity contribution >= 4 is 23.5 Å². The standard InChI is InChI=1S/C12H15N3O4/c1-2-19-12(18)9(13)11(17)15-8-5-3-4-7(6-8)10(14)16/h3-6,9H,2,13H2,1H3,(H2,14,16)(H,15,17). The van der Waals surface area contributed by atoms with Gasteiger partial charge in [-0.25, -0.2) is 4.79 Å². The van der Waals surface area contributed by atoms with Crippen LogP contribution in [0.1, 0.15) is 17.3 Å². The van der Waals surface area contributed by atoms with Crippen LogP contribution in [0.15, 0.2) is 24.3 Å². The van der Waals surface area contributed by atoms with Gasteiger partial charge in [-0.05, 0) is 25.1 Å². The third-order valence-electron chi connectivity index (χ3n) is 2.24. The van der Waals surface area contributed by atoms with Crippen LogP contribution in [-0.2, 0) is 14.3 Å². The van der Waals surface area contributed by atoms with E-state index in [0.29, 0.717) is 5.69 Å². The molecule has 1 rings (SSSR count). The number of carbonyl (C=O) groups excluding carboxylic acids is 3. The molecule has 0 aliphatic rings. The fourth-order valence-electron chi connectivity index (χ4n) is 1.31. The molecule has 7 heteroatoms. The molecule has 0 heterocycles. The molecule has 0 bridgehead atoms. The lowest BCUT2D eigenvalue weighted by Gasteiger charge is -2.11. The molecule has 0 radical (unpaired) electrons. The van der Waals surface area contributed by atoms with Gasteiger partial charge in [0.1, 0.15) is 0 Å². The molecule has 7 nitrogen and oxygen atoms in total. The Labute approximate surface area is 109 Å². The van der Waals surface area contributed by atoms with E-state index in [1.807, 2.05) is 0 Å². The third kappa shape index (κ3) is 4.07. The molecular formula is C12H15N3O4. The van der Waals surface area contributed by atoms with Crippen LogP contribution in [0.25, 0.3) is 0 Å². The first-order valence-electron chi connectivity index (χ1n) is 5.58. The number of anilines is 1. The predicted molar refractivity (Wildman–Crippen MR) is 68.2 cm³/mol. The zero-order valence-electron chi connectivity index (χ0n) is 10.4. The summed E-state index contributed by atoms with van der Waals surface area (Å²) in [5, 5.41) is 2.40. The summed E-state index contributed by atoms with van der Waals surface area (Å²) in [5.74, 6) is -2.16. The van der Waals surface area contributed by atoms with E-state index in [9.17, 15) is 14.4 Å². The Kier molecular flexibility index (Phi) is 5.01. The number of rotatable bonds is 5. The maximum Gasteiger partial charge on any atom is 0.332 e. The van der Waals surface area contributed by atoms with Gasteiger partial charge >= 0.3 is 5.97 Å². The number of benzene rings is 1. The molecule has 0 spiro atoms. The number of nitrogens with one attached hydrogen (secondary N) is 1. The third-order valence-corrected chi connectivity index (χ3v) is 2.24. The SMILES string of the molecule is CCOC(=O)C(N)C(=O)Nc1cccc(C(N)=O)c1. The smallest absolute Gasteiger partial charge is 0.332 e. The van der Waals surface area contributed by atoms with Crippen molar-refractivity contribution in [2.75, 3.05) is 11.9 Å². The first-order chi connectivity index (χ1) is 8.95. The topological polar surface area (TPSA) is 125 Å². The quantitative estimate of drug-likeness (QED) is 0.494. The Bertz CT molecular complexity index is 502. The second-order valence-corrected chi connectivity index (χ2v) is 3.66. The molecule has 0 fully saturated rings. The van der Waals surface area contributed by atoms with E-state index >= 15 is 0 Å². The van der Waals surface area contributed by atoms with Gasteiger partial charge in [-0.15, -0.1) is 0 Å². The zero-order chi connectivity index (χ0) is 14.4. The van der Waals surface area contributed by atoms with E-state index in [-0.39, 0.29) is 12.2 Å². The summed E-state index contributed by atoms with van der Waals surface area (Å²) in [5.41, 5.74) is 11.1. The lowest BCUT2D eigenvalue weighted by atomic mass is 10.2. The maximum atomic E-state index is 11.7. The molecule has 0 aromatic heterocycles. The van der Waals surface area contributed by atoms with Crippen molar-refractivity contribution in [2.45, 2.75) is 13.0 Å². The Morgan fingerprint density at radius 3 is 2.63 bits per heavy atom. The highest BCUT2D eigenvalue weighted by Crippen LogP contribution is 2.10. The Morgan fingerprint density at radius 2 is 2.05 bits per heavy atom. The average molecular weight is 265 g/mol. The number of primary amides is 1. The summed E-state index contributed by atoms with van der Waals surface area (Å²) < 4.78 is 4.63. The molecule has 1 atom stereocenters. The van der Waals surface area contributed by atoms with Crippen LogP contribution in [0.5, 0.6) is 0 Å².